The molecule has 0 rings (SSSR count). The fourth-order valence-electron chi connectivity index (χ4n) is 0.580. The van der Waals surface area contributed by atoms with Crippen LogP contribution in [0, 0.1) is 0 Å². The van der Waals surface area contributed by atoms with Crippen LogP contribution in [0.2, 0.25) is 0 Å². The minimum atomic E-state index is -0.190. The Morgan fingerprint density at radius 3 is 2.55 bits per heavy atom. The van der Waals surface area contributed by atoms with Crippen LogP contribution in [-0.2, 0) is 9.53 Å². The number of thioether (sulfide) groups is 2. The van der Waals surface area contributed by atoms with Gasteiger partial charge in [0.15, 0.2) is 0 Å². The van der Waals surface area contributed by atoms with E-state index in [0.717, 1.165) is 5.75 Å². The maximum atomic E-state index is 10.4. The zero-order valence-electron chi connectivity index (χ0n) is 7.12. The topological polar surface area (TPSA) is 26.3 Å². The van der Waals surface area contributed by atoms with Crippen LogP contribution in [0.4, 0.5) is 0 Å². The van der Waals surface area contributed by atoms with Crippen LogP contribution in [0.5, 0.6) is 0 Å². The minimum Gasteiger partial charge on any atom is -0.465 e. The van der Waals surface area contributed by atoms with Crippen molar-refractivity contribution in [3.8, 4) is 0 Å². The number of rotatable bonds is 5. The molecule has 0 bridgehead atoms. The molecule has 0 aliphatic carbocycles. The number of ether oxygens (including phenoxy) is 1. The fourth-order valence-corrected chi connectivity index (χ4v) is 2.21. The van der Waals surface area contributed by atoms with E-state index in [-0.39, 0.29) is 5.97 Å². The molecule has 0 saturated carbocycles. The Bertz CT molecular complexity index is 117. The van der Waals surface area contributed by atoms with Gasteiger partial charge in [-0.2, -0.15) is 23.5 Å². The van der Waals surface area contributed by atoms with Crippen LogP contribution in [0.25, 0.3) is 0 Å². The average Bonchev–Trinajstić information content (AvgIpc) is 1.97. The van der Waals surface area contributed by atoms with E-state index < -0.39 is 0 Å². The highest BCUT2D eigenvalue weighted by Crippen LogP contribution is 2.11. The lowest BCUT2D eigenvalue weighted by atomic mass is 10.5. The van der Waals surface area contributed by atoms with Gasteiger partial charge >= 0.3 is 5.97 Å². The third-order valence-corrected chi connectivity index (χ3v) is 3.07. The Morgan fingerprint density at radius 1 is 1.55 bits per heavy atom. The molecule has 2 nitrogen and oxygen atoms in total. The van der Waals surface area contributed by atoms with E-state index in [0.29, 0.717) is 11.9 Å². The van der Waals surface area contributed by atoms with Gasteiger partial charge in [-0.1, -0.05) is 0 Å². The van der Waals surface area contributed by atoms with E-state index in [1.807, 2.05) is 6.26 Å². The molecule has 1 atom stereocenters. The highest BCUT2D eigenvalue weighted by Gasteiger charge is 2.06. The Kier molecular flexibility index (Phi) is 6.96. The van der Waals surface area contributed by atoms with E-state index in [2.05, 4.69) is 6.26 Å². The van der Waals surface area contributed by atoms with Crippen molar-refractivity contribution < 1.29 is 9.53 Å². The monoisotopic (exact) mass is 194 g/mol. The normalized spacial score (nSPS) is 12.6. The Balaban J connectivity index is 3.43. The van der Waals surface area contributed by atoms with Crippen LogP contribution < -0.4 is 0 Å². The molecular weight excluding hydrogens is 180 g/mol. The van der Waals surface area contributed by atoms with Crippen molar-refractivity contribution in [3.63, 3.8) is 0 Å². The number of esters is 1. The highest BCUT2D eigenvalue weighted by molar-refractivity contribution is 8.02. The predicted octanol–water partition coefficient (Wildman–Crippen LogP) is 1.64. The summed E-state index contributed by atoms with van der Waals surface area (Å²) in [5.41, 5.74) is 0. The van der Waals surface area contributed by atoms with Gasteiger partial charge in [0, 0.05) is 17.9 Å². The minimum absolute atomic E-state index is 0.190. The molecule has 0 heterocycles. The zero-order valence-corrected chi connectivity index (χ0v) is 8.76. The van der Waals surface area contributed by atoms with Gasteiger partial charge in [0.2, 0.25) is 0 Å². The van der Waals surface area contributed by atoms with Crippen molar-refractivity contribution in [2.24, 2.45) is 0 Å². The molecule has 0 spiro atoms. The lowest BCUT2D eigenvalue weighted by Gasteiger charge is -2.11. The van der Waals surface area contributed by atoms with Crippen molar-refractivity contribution in [1.29, 1.82) is 0 Å². The lowest BCUT2D eigenvalue weighted by Crippen LogP contribution is -2.16. The molecule has 0 aromatic heterocycles. The van der Waals surface area contributed by atoms with Gasteiger partial charge in [-0.25, -0.2) is 0 Å². The van der Waals surface area contributed by atoms with E-state index >= 15 is 0 Å². The summed E-state index contributed by atoms with van der Waals surface area (Å²) in [6, 6.07) is 0. The molecular formula is C7H14O2S2. The molecule has 0 aliphatic rings. The second-order valence-corrected chi connectivity index (χ2v) is 4.16. The third kappa shape index (κ3) is 6.56. The quantitative estimate of drug-likeness (QED) is 0.622. The standard InChI is InChI=1S/C7H14O2S2/c1-6(8)9-4-7(11-3)5-10-2/h7H,4-5H2,1-3H3. The lowest BCUT2D eigenvalue weighted by molar-refractivity contribution is -0.140. The summed E-state index contributed by atoms with van der Waals surface area (Å²) in [4.78, 5) is 10.4. The third-order valence-electron chi connectivity index (χ3n) is 1.16. The molecule has 0 aliphatic heterocycles. The molecule has 0 aromatic carbocycles. The van der Waals surface area contributed by atoms with Gasteiger partial charge in [-0.05, 0) is 12.5 Å². The summed E-state index contributed by atoms with van der Waals surface area (Å²) in [6.45, 7) is 1.98. The van der Waals surface area contributed by atoms with Crippen molar-refractivity contribution >= 4 is 29.5 Å². The first-order chi connectivity index (χ1) is 5.20. The van der Waals surface area contributed by atoms with E-state index in [4.69, 9.17) is 4.74 Å². The highest BCUT2D eigenvalue weighted by atomic mass is 32.2. The molecule has 4 heteroatoms. The largest absolute Gasteiger partial charge is 0.465 e. The molecule has 66 valence electrons. The second kappa shape index (κ2) is 6.85. The maximum Gasteiger partial charge on any atom is 0.302 e. The van der Waals surface area contributed by atoms with Crippen molar-refractivity contribution in [2.45, 2.75) is 12.2 Å². The predicted molar refractivity (Wildman–Crippen MR) is 52.3 cm³/mol. The van der Waals surface area contributed by atoms with Crippen LogP contribution >= 0.6 is 23.5 Å². The van der Waals surface area contributed by atoms with Gasteiger partial charge in [-0.15, -0.1) is 0 Å². The Morgan fingerprint density at radius 2 is 2.18 bits per heavy atom. The summed E-state index contributed by atoms with van der Waals surface area (Å²) < 4.78 is 4.87. The fraction of sp³-hybridized carbons (Fsp3) is 0.857. The molecule has 0 amide bonds. The summed E-state index contributed by atoms with van der Waals surface area (Å²) >= 11 is 3.51. The summed E-state index contributed by atoms with van der Waals surface area (Å²) in [5, 5.41) is 0.439. The number of hydrogen-bond acceptors (Lipinski definition) is 4. The second-order valence-electron chi connectivity index (χ2n) is 2.12. The van der Waals surface area contributed by atoms with Crippen molar-refractivity contribution in [3.05, 3.63) is 0 Å². The van der Waals surface area contributed by atoms with E-state index in [1.54, 1.807) is 23.5 Å². The first-order valence-electron chi connectivity index (χ1n) is 3.35. The van der Waals surface area contributed by atoms with Gasteiger partial charge < -0.3 is 4.74 Å². The van der Waals surface area contributed by atoms with Crippen LogP contribution in [0.1, 0.15) is 6.92 Å². The first kappa shape index (κ1) is 11.2. The van der Waals surface area contributed by atoms with Gasteiger partial charge in [0.1, 0.15) is 6.61 Å². The first-order valence-corrected chi connectivity index (χ1v) is 6.04. The average molecular weight is 194 g/mol. The number of carbonyl (C=O) groups is 1. The molecule has 0 N–H and O–H groups in total. The summed E-state index contributed by atoms with van der Waals surface area (Å²) in [6.07, 6.45) is 4.08. The van der Waals surface area contributed by atoms with Gasteiger partial charge in [-0.3, -0.25) is 4.79 Å². The zero-order chi connectivity index (χ0) is 8.69. The molecule has 0 fully saturated rings. The Labute approximate surface area is 76.5 Å². The van der Waals surface area contributed by atoms with Gasteiger partial charge in [0.05, 0.1) is 0 Å². The van der Waals surface area contributed by atoms with Gasteiger partial charge in [0.25, 0.3) is 0 Å². The van der Waals surface area contributed by atoms with E-state index in [9.17, 15) is 4.79 Å². The SMILES string of the molecule is CSCC(COC(C)=O)SC. The molecule has 11 heavy (non-hydrogen) atoms. The van der Waals surface area contributed by atoms with E-state index in [1.165, 1.54) is 6.92 Å². The molecule has 0 saturated heterocycles. The number of hydrogen-bond donors (Lipinski definition) is 0. The Hall–Kier alpha value is 0.170. The molecule has 1 unspecified atom stereocenters. The van der Waals surface area contributed by atoms with Crippen LogP contribution in [0.15, 0.2) is 0 Å². The summed E-state index contributed by atoms with van der Waals surface area (Å²) in [5.74, 6) is 0.846. The maximum absolute atomic E-state index is 10.4. The summed E-state index contributed by atoms with van der Waals surface area (Å²) in [7, 11) is 0. The number of carbonyl (C=O) groups excluding carboxylic acids is 1. The van der Waals surface area contributed by atoms with Crippen molar-refractivity contribution in [1.82, 2.24) is 0 Å². The molecule has 0 aromatic rings. The van der Waals surface area contributed by atoms with Crippen LogP contribution in [-0.4, -0.2) is 36.1 Å². The van der Waals surface area contributed by atoms with Crippen LogP contribution in [0.3, 0.4) is 0 Å². The smallest absolute Gasteiger partial charge is 0.302 e. The van der Waals surface area contributed by atoms with Crippen molar-refractivity contribution in [2.75, 3.05) is 24.9 Å². The molecule has 0 radical (unpaired) electrons.